The molecule has 1 saturated heterocycles. The number of Topliss-reactive ketones (excluding diaryl/α,β-unsaturated/α-hetero) is 1. The molecule has 5 nitrogen and oxygen atoms in total. The number of ketones is 1. The Balaban J connectivity index is 1.94. The van der Waals surface area contributed by atoms with Gasteiger partial charge in [-0.05, 0) is 37.6 Å². The van der Waals surface area contributed by atoms with E-state index in [0.717, 1.165) is 18.7 Å². The van der Waals surface area contributed by atoms with Gasteiger partial charge in [0.2, 0.25) is 5.91 Å². The minimum absolute atomic E-state index is 0.0120. The summed E-state index contributed by atoms with van der Waals surface area (Å²) in [6, 6.07) is 7.13. The second-order valence-corrected chi connectivity index (χ2v) is 4.79. The fraction of sp³-hybridized carbons (Fsp3) is 0.467. The molecule has 1 heterocycles. The maximum absolute atomic E-state index is 12.2. The first kappa shape index (κ1) is 14.5. The van der Waals surface area contributed by atoms with Crippen LogP contribution in [0.3, 0.4) is 0 Å². The van der Waals surface area contributed by atoms with Crippen molar-refractivity contribution in [2.75, 3.05) is 32.8 Å². The van der Waals surface area contributed by atoms with Crippen LogP contribution >= 0.6 is 0 Å². The molecule has 0 aromatic heterocycles. The summed E-state index contributed by atoms with van der Waals surface area (Å²) in [4.78, 5) is 25.5. The van der Waals surface area contributed by atoms with Gasteiger partial charge in [0.15, 0.2) is 5.78 Å². The highest BCUT2D eigenvalue weighted by molar-refractivity contribution is 5.98. The molecular formula is C15H20N2O3. The smallest absolute Gasteiger partial charge is 0.234 e. The Morgan fingerprint density at radius 1 is 1.35 bits per heavy atom. The Hall–Kier alpha value is -1.88. The van der Waals surface area contributed by atoms with E-state index in [0.29, 0.717) is 25.3 Å². The number of nitrogens with zero attached hydrogens (tertiary/aromatic N) is 1. The molecule has 0 radical (unpaired) electrons. The van der Waals surface area contributed by atoms with Crippen molar-refractivity contribution >= 4 is 11.7 Å². The van der Waals surface area contributed by atoms with Crippen LogP contribution in [0.2, 0.25) is 0 Å². The molecule has 1 fully saturated rings. The third kappa shape index (κ3) is 4.06. The largest absolute Gasteiger partial charge is 0.494 e. The Bertz CT molecular complexity index is 471. The fourth-order valence-electron chi connectivity index (χ4n) is 2.20. The number of benzene rings is 1. The maximum atomic E-state index is 12.2. The molecule has 0 aliphatic carbocycles. The molecule has 1 aromatic rings. The molecule has 20 heavy (non-hydrogen) atoms. The monoisotopic (exact) mass is 276 g/mol. The number of hydrogen-bond acceptors (Lipinski definition) is 4. The molecule has 1 aromatic carbocycles. The zero-order chi connectivity index (χ0) is 14.4. The van der Waals surface area contributed by atoms with Gasteiger partial charge in [-0.25, -0.2) is 0 Å². The Labute approximate surface area is 118 Å². The molecular weight excluding hydrogens is 256 g/mol. The lowest BCUT2D eigenvalue weighted by Gasteiger charge is -2.17. The van der Waals surface area contributed by atoms with Gasteiger partial charge in [0.25, 0.3) is 0 Å². The first-order valence-electron chi connectivity index (χ1n) is 6.94. The van der Waals surface area contributed by atoms with Crippen LogP contribution in [0.15, 0.2) is 24.3 Å². The van der Waals surface area contributed by atoms with Crippen LogP contribution in [0.25, 0.3) is 0 Å². The highest BCUT2D eigenvalue weighted by Crippen LogP contribution is 2.13. The summed E-state index contributed by atoms with van der Waals surface area (Å²) in [6.07, 6.45) is 0.877. The summed E-state index contributed by atoms with van der Waals surface area (Å²) in [6.45, 7) is 4.55. The van der Waals surface area contributed by atoms with E-state index in [2.05, 4.69) is 5.32 Å². The van der Waals surface area contributed by atoms with Gasteiger partial charge in [0.1, 0.15) is 5.75 Å². The Morgan fingerprint density at radius 2 is 2.10 bits per heavy atom. The molecule has 0 unspecified atom stereocenters. The van der Waals surface area contributed by atoms with E-state index in [1.807, 2.05) is 11.8 Å². The summed E-state index contributed by atoms with van der Waals surface area (Å²) < 4.78 is 5.35. The summed E-state index contributed by atoms with van der Waals surface area (Å²) >= 11 is 0. The van der Waals surface area contributed by atoms with Crippen molar-refractivity contribution in [2.24, 2.45) is 0 Å². The average molecular weight is 276 g/mol. The van der Waals surface area contributed by atoms with E-state index in [1.165, 1.54) is 0 Å². The number of nitrogens with one attached hydrogen (secondary N) is 1. The summed E-state index contributed by atoms with van der Waals surface area (Å²) in [5.41, 5.74) is 0.651. The number of amides is 1. The second-order valence-electron chi connectivity index (χ2n) is 4.79. The van der Waals surface area contributed by atoms with Crippen LogP contribution < -0.4 is 10.1 Å². The van der Waals surface area contributed by atoms with Crippen LogP contribution in [-0.4, -0.2) is 49.4 Å². The molecule has 1 aliphatic rings. The van der Waals surface area contributed by atoms with Crippen molar-refractivity contribution in [3.8, 4) is 5.75 Å². The summed E-state index contributed by atoms with van der Waals surface area (Å²) in [7, 11) is 0. The van der Waals surface area contributed by atoms with Crippen molar-refractivity contribution in [3.05, 3.63) is 29.8 Å². The van der Waals surface area contributed by atoms with Crippen molar-refractivity contribution < 1.29 is 14.3 Å². The predicted octanol–water partition coefficient (Wildman–Crippen LogP) is 1.09. The Kier molecular flexibility index (Phi) is 5.12. The highest BCUT2D eigenvalue weighted by atomic mass is 16.5. The standard InChI is InChI=1S/C15H20N2O3/c1-2-20-13-6-4-12(5-7-13)14(18)10-17-9-3-8-16-15(19)11-17/h4-7H,2-3,8-11H2,1H3,(H,16,19). The van der Waals surface area contributed by atoms with Gasteiger partial charge < -0.3 is 10.1 Å². The van der Waals surface area contributed by atoms with E-state index >= 15 is 0 Å². The zero-order valence-corrected chi connectivity index (χ0v) is 11.7. The van der Waals surface area contributed by atoms with E-state index in [4.69, 9.17) is 4.74 Å². The van der Waals surface area contributed by atoms with Gasteiger partial charge in [-0.15, -0.1) is 0 Å². The predicted molar refractivity (Wildman–Crippen MR) is 76.0 cm³/mol. The minimum Gasteiger partial charge on any atom is -0.494 e. The summed E-state index contributed by atoms with van der Waals surface area (Å²) in [5, 5.41) is 2.80. The maximum Gasteiger partial charge on any atom is 0.234 e. The first-order valence-corrected chi connectivity index (χ1v) is 6.94. The van der Waals surface area contributed by atoms with Crippen LogP contribution in [0.5, 0.6) is 5.75 Å². The van der Waals surface area contributed by atoms with Crippen molar-refractivity contribution in [3.63, 3.8) is 0 Å². The molecule has 1 amide bonds. The topological polar surface area (TPSA) is 58.6 Å². The SMILES string of the molecule is CCOc1ccc(C(=O)CN2CCCNC(=O)C2)cc1. The summed E-state index contributed by atoms with van der Waals surface area (Å²) in [5.74, 6) is 0.781. The van der Waals surface area contributed by atoms with E-state index in [1.54, 1.807) is 24.3 Å². The van der Waals surface area contributed by atoms with Gasteiger partial charge in [-0.1, -0.05) is 0 Å². The van der Waals surface area contributed by atoms with Crippen LogP contribution in [0, 0.1) is 0 Å². The number of hydrogen-bond donors (Lipinski definition) is 1. The third-order valence-corrected chi connectivity index (χ3v) is 3.20. The number of rotatable bonds is 5. The highest BCUT2D eigenvalue weighted by Gasteiger charge is 2.17. The van der Waals surface area contributed by atoms with Crippen LogP contribution in [-0.2, 0) is 4.79 Å². The Morgan fingerprint density at radius 3 is 2.80 bits per heavy atom. The quantitative estimate of drug-likeness (QED) is 0.818. The molecule has 1 aliphatic heterocycles. The van der Waals surface area contributed by atoms with Gasteiger partial charge >= 0.3 is 0 Å². The van der Waals surface area contributed by atoms with Crippen LogP contribution in [0.1, 0.15) is 23.7 Å². The molecule has 108 valence electrons. The number of ether oxygens (including phenoxy) is 1. The average Bonchev–Trinajstić information content (AvgIpc) is 2.64. The molecule has 0 atom stereocenters. The number of carbonyl (C=O) groups is 2. The molecule has 0 spiro atoms. The first-order chi connectivity index (χ1) is 9.69. The van der Waals surface area contributed by atoms with Gasteiger partial charge in [-0.3, -0.25) is 14.5 Å². The lowest BCUT2D eigenvalue weighted by atomic mass is 10.1. The molecule has 0 saturated carbocycles. The van der Waals surface area contributed by atoms with Crippen LogP contribution in [0.4, 0.5) is 0 Å². The van der Waals surface area contributed by atoms with Gasteiger partial charge in [-0.2, -0.15) is 0 Å². The lowest BCUT2D eigenvalue weighted by molar-refractivity contribution is -0.121. The van der Waals surface area contributed by atoms with E-state index in [-0.39, 0.29) is 18.2 Å². The second kappa shape index (κ2) is 7.05. The van der Waals surface area contributed by atoms with Crippen molar-refractivity contribution in [1.82, 2.24) is 10.2 Å². The molecule has 2 rings (SSSR count). The third-order valence-electron chi connectivity index (χ3n) is 3.20. The van der Waals surface area contributed by atoms with Crippen molar-refractivity contribution in [1.29, 1.82) is 0 Å². The lowest BCUT2D eigenvalue weighted by Crippen LogP contribution is -2.36. The molecule has 5 heteroatoms. The fourth-order valence-corrected chi connectivity index (χ4v) is 2.20. The zero-order valence-electron chi connectivity index (χ0n) is 11.7. The van der Waals surface area contributed by atoms with Gasteiger partial charge in [0.05, 0.1) is 19.7 Å². The van der Waals surface area contributed by atoms with E-state index < -0.39 is 0 Å². The minimum atomic E-state index is -0.0120. The normalized spacial score (nSPS) is 16.4. The van der Waals surface area contributed by atoms with E-state index in [9.17, 15) is 9.59 Å². The number of carbonyl (C=O) groups excluding carboxylic acids is 2. The molecule has 1 N–H and O–H groups in total. The molecule has 0 bridgehead atoms. The van der Waals surface area contributed by atoms with Gasteiger partial charge in [0, 0.05) is 18.7 Å². The van der Waals surface area contributed by atoms with Crippen molar-refractivity contribution in [2.45, 2.75) is 13.3 Å².